The van der Waals surface area contributed by atoms with Gasteiger partial charge >= 0.3 is 5.97 Å². The third kappa shape index (κ3) is 3.10. The second-order valence-corrected chi connectivity index (χ2v) is 4.78. The van der Waals surface area contributed by atoms with Crippen LogP contribution in [0.4, 0.5) is 5.69 Å². The van der Waals surface area contributed by atoms with Gasteiger partial charge in [-0.2, -0.15) is 0 Å². The highest BCUT2D eigenvalue weighted by Crippen LogP contribution is 2.23. The van der Waals surface area contributed by atoms with E-state index in [1.807, 2.05) is 0 Å². The predicted molar refractivity (Wildman–Crippen MR) is 72.9 cm³/mol. The first-order chi connectivity index (χ1) is 9.11. The minimum absolute atomic E-state index is 0.228. The smallest absolute Gasteiger partial charge is 0.350 e. The van der Waals surface area contributed by atoms with Gasteiger partial charge in [0.15, 0.2) is 0 Å². The van der Waals surface area contributed by atoms with Crippen molar-refractivity contribution in [1.29, 1.82) is 0 Å². The minimum Gasteiger partial charge on any atom is -0.465 e. The number of carbonyl (C=O) groups excluding carboxylic acids is 2. The number of carbonyl (C=O) groups is 2. The Balaban J connectivity index is 2.20. The molecule has 0 aliphatic rings. The van der Waals surface area contributed by atoms with Crippen LogP contribution in [0, 0.1) is 0 Å². The lowest BCUT2D eigenvalue weighted by Gasteiger charge is -2.05. The van der Waals surface area contributed by atoms with Crippen LogP contribution in [0.25, 0.3) is 0 Å². The first kappa shape index (κ1) is 13.5. The number of aromatic nitrogens is 1. The molecule has 1 N–H and O–H groups in total. The molecule has 19 heavy (non-hydrogen) atoms. The SMILES string of the molecule is COC(=O)c1sccc1NC(=O)c1ccnc(Cl)c1. The minimum atomic E-state index is -0.488. The van der Waals surface area contributed by atoms with E-state index >= 15 is 0 Å². The lowest BCUT2D eigenvalue weighted by atomic mass is 10.2. The highest BCUT2D eigenvalue weighted by atomic mass is 35.5. The summed E-state index contributed by atoms with van der Waals surface area (Å²) in [5.41, 5.74) is 0.775. The summed E-state index contributed by atoms with van der Waals surface area (Å²) in [4.78, 5) is 27.6. The van der Waals surface area contributed by atoms with E-state index in [4.69, 9.17) is 11.6 Å². The number of thiophene rings is 1. The summed E-state index contributed by atoms with van der Waals surface area (Å²) in [5, 5.41) is 4.56. The lowest BCUT2D eigenvalue weighted by molar-refractivity contribution is 0.0607. The van der Waals surface area contributed by atoms with Crippen LogP contribution < -0.4 is 5.32 Å². The number of amides is 1. The average molecular weight is 297 g/mol. The van der Waals surface area contributed by atoms with Crippen LogP contribution in [0.3, 0.4) is 0 Å². The summed E-state index contributed by atoms with van der Waals surface area (Å²) in [6.07, 6.45) is 1.44. The van der Waals surface area contributed by atoms with Crippen molar-refractivity contribution in [1.82, 2.24) is 4.98 Å². The Morgan fingerprint density at radius 2 is 2.21 bits per heavy atom. The molecule has 98 valence electrons. The zero-order valence-corrected chi connectivity index (χ0v) is 11.4. The fraction of sp³-hybridized carbons (Fsp3) is 0.0833. The summed E-state index contributed by atoms with van der Waals surface area (Å²) >= 11 is 6.91. The van der Waals surface area contributed by atoms with Crippen LogP contribution in [0.15, 0.2) is 29.8 Å². The molecule has 0 atom stereocenters. The third-order valence-electron chi connectivity index (χ3n) is 2.27. The van der Waals surface area contributed by atoms with Crippen molar-refractivity contribution in [3.63, 3.8) is 0 Å². The third-order valence-corrected chi connectivity index (χ3v) is 3.37. The number of anilines is 1. The van der Waals surface area contributed by atoms with Crippen molar-refractivity contribution in [2.24, 2.45) is 0 Å². The van der Waals surface area contributed by atoms with Gasteiger partial charge in [-0.25, -0.2) is 9.78 Å². The molecular weight excluding hydrogens is 288 g/mol. The molecule has 2 rings (SSSR count). The number of pyridine rings is 1. The Hall–Kier alpha value is -1.92. The van der Waals surface area contributed by atoms with E-state index in [1.165, 1.54) is 36.8 Å². The quantitative estimate of drug-likeness (QED) is 0.698. The maximum absolute atomic E-state index is 12.0. The second-order valence-electron chi connectivity index (χ2n) is 3.48. The molecule has 2 aromatic rings. The Labute approximate surface area is 118 Å². The van der Waals surface area contributed by atoms with Crippen LogP contribution in [0.1, 0.15) is 20.0 Å². The molecule has 0 unspecified atom stereocenters. The molecule has 5 nitrogen and oxygen atoms in total. The Morgan fingerprint density at radius 1 is 1.42 bits per heavy atom. The van der Waals surface area contributed by atoms with E-state index in [1.54, 1.807) is 11.4 Å². The van der Waals surface area contributed by atoms with Gasteiger partial charge in [0.1, 0.15) is 10.0 Å². The maximum atomic E-state index is 12.0. The highest BCUT2D eigenvalue weighted by molar-refractivity contribution is 7.12. The summed E-state index contributed by atoms with van der Waals surface area (Å²) in [6.45, 7) is 0. The summed E-state index contributed by atoms with van der Waals surface area (Å²) < 4.78 is 4.63. The molecule has 2 heterocycles. The second kappa shape index (κ2) is 5.81. The average Bonchev–Trinajstić information content (AvgIpc) is 2.86. The van der Waals surface area contributed by atoms with Crippen molar-refractivity contribution < 1.29 is 14.3 Å². The number of esters is 1. The van der Waals surface area contributed by atoms with Gasteiger partial charge in [0.2, 0.25) is 0 Å². The van der Waals surface area contributed by atoms with Crippen LogP contribution in [0.2, 0.25) is 5.15 Å². The number of hydrogen-bond acceptors (Lipinski definition) is 5. The van der Waals surface area contributed by atoms with E-state index in [9.17, 15) is 9.59 Å². The van der Waals surface area contributed by atoms with Crippen LogP contribution in [-0.2, 0) is 4.74 Å². The molecule has 0 aliphatic heterocycles. The number of hydrogen-bond donors (Lipinski definition) is 1. The molecule has 0 saturated heterocycles. The number of halogens is 1. The Morgan fingerprint density at radius 3 is 2.89 bits per heavy atom. The fourth-order valence-corrected chi connectivity index (χ4v) is 2.34. The molecule has 2 aromatic heterocycles. The maximum Gasteiger partial charge on any atom is 0.350 e. The van der Waals surface area contributed by atoms with Crippen molar-refractivity contribution in [3.05, 3.63) is 45.4 Å². The van der Waals surface area contributed by atoms with Gasteiger partial charge in [-0.3, -0.25) is 4.79 Å². The van der Waals surface area contributed by atoms with Crippen LogP contribution in [0.5, 0.6) is 0 Å². The highest BCUT2D eigenvalue weighted by Gasteiger charge is 2.16. The molecular formula is C12H9ClN2O3S. The van der Waals surface area contributed by atoms with E-state index in [0.717, 1.165) is 0 Å². The molecule has 0 fully saturated rings. The summed E-state index contributed by atoms with van der Waals surface area (Å²) in [5.74, 6) is -0.856. The van der Waals surface area contributed by atoms with Gasteiger partial charge in [-0.1, -0.05) is 11.6 Å². The van der Waals surface area contributed by atoms with E-state index in [-0.39, 0.29) is 11.1 Å². The van der Waals surface area contributed by atoms with Gasteiger partial charge in [0.05, 0.1) is 12.8 Å². The van der Waals surface area contributed by atoms with Gasteiger partial charge in [-0.05, 0) is 23.6 Å². The summed E-state index contributed by atoms with van der Waals surface area (Å²) in [6, 6.07) is 4.62. The Bertz CT molecular complexity index is 627. The Kier molecular flexibility index (Phi) is 4.13. The first-order valence-electron chi connectivity index (χ1n) is 5.20. The molecule has 0 radical (unpaired) electrons. The fourth-order valence-electron chi connectivity index (χ4n) is 1.40. The predicted octanol–water partition coefficient (Wildman–Crippen LogP) is 2.84. The number of nitrogens with zero attached hydrogens (tertiary/aromatic N) is 1. The number of nitrogens with one attached hydrogen (secondary N) is 1. The van der Waals surface area contributed by atoms with Gasteiger partial charge in [0, 0.05) is 11.8 Å². The number of rotatable bonds is 3. The standard InChI is InChI=1S/C12H9ClN2O3S/c1-18-12(17)10-8(3-5-19-10)15-11(16)7-2-4-14-9(13)6-7/h2-6H,1H3,(H,15,16). The van der Waals surface area contributed by atoms with Crippen LogP contribution >= 0.6 is 22.9 Å². The van der Waals surface area contributed by atoms with Gasteiger partial charge in [-0.15, -0.1) is 11.3 Å². The monoisotopic (exact) mass is 296 g/mol. The molecule has 1 amide bonds. The lowest BCUT2D eigenvalue weighted by Crippen LogP contribution is -2.14. The largest absolute Gasteiger partial charge is 0.465 e. The van der Waals surface area contributed by atoms with E-state index in [2.05, 4.69) is 15.0 Å². The summed E-state index contributed by atoms with van der Waals surface area (Å²) in [7, 11) is 1.29. The molecule has 0 aromatic carbocycles. The molecule has 0 saturated carbocycles. The van der Waals surface area contributed by atoms with Gasteiger partial charge < -0.3 is 10.1 Å². The zero-order chi connectivity index (χ0) is 13.8. The van der Waals surface area contributed by atoms with E-state index in [0.29, 0.717) is 16.1 Å². The number of ether oxygens (including phenoxy) is 1. The van der Waals surface area contributed by atoms with Crippen molar-refractivity contribution in [2.45, 2.75) is 0 Å². The van der Waals surface area contributed by atoms with Crippen molar-refractivity contribution >= 4 is 40.5 Å². The van der Waals surface area contributed by atoms with Crippen molar-refractivity contribution in [2.75, 3.05) is 12.4 Å². The van der Waals surface area contributed by atoms with Crippen LogP contribution in [-0.4, -0.2) is 24.0 Å². The molecule has 0 aliphatic carbocycles. The molecule has 7 heteroatoms. The number of methoxy groups -OCH3 is 1. The molecule has 0 spiro atoms. The van der Waals surface area contributed by atoms with Gasteiger partial charge in [0.25, 0.3) is 5.91 Å². The topological polar surface area (TPSA) is 68.3 Å². The normalized spacial score (nSPS) is 10.0. The first-order valence-corrected chi connectivity index (χ1v) is 6.46. The zero-order valence-electron chi connectivity index (χ0n) is 9.84. The van der Waals surface area contributed by atoms with Crippen molar-refractivity contribution in [3.8, 4) is 0 Å². The molecule has 0 bridgehead atoms. The van der Waals surface area contributed by atoms with E-state index < -0.39 is 5.97 Å².